The third kappa shape index (κ3) is 6.33. The van der Waals surface area contributed by atoms with Gasteiger partial charge in [-0.25, -0.2) is 13.2 Å². The molecule has 1 aromatic carbocycles. The third-order valence-corrected chi connectivity index (χ3v) is 7.91. The van der Waals surface area contributed by atoms with Gasteiger partial charge >= 0.3 is 6.09 Å². The summed E-state index contributed by atoms with van der Waals surface area (Å²) >= 11 is 0. The van der Waals surface area contributed by atoms with Crippen molar-refractivity contribution >= 4 is 22.0 Å². The van der Waals surface area contributed by atoms with Crippen molar-refractivity contribution in [2.45, 2.75) is 24.7 Å². The highest BCUT2D eigenvalue weighted by Crippen LogP contribution is 2.22. The number of amides is 2. The van der Waals surface area contributed by atoms with Gasteiger partial charge in [-0.2, -0.15) is 4.31 Å². The smallest absolute Gasteiger partial charge is 0.409 e. The Bertz CT molecular complexity index is 918. The van der Waals surface area contributed by atoms with Crippen molar-refractivity contribution in [1.82, 2.24) is 14.1 Å². The summed E-state index contributed by atoms with van der Waals surface area (Å²) in [5, 5.41) is 0. The summed E-state index contributed by atoms with van der Waals surface area (Å²) in [6, 6.07) is 6.11. The van der Waals surface area contributed by atoms with Crippen LogP contribution in [0.3, 0.4) is 0 Å². The number of carbonyl (C=O) groups is 2. The number of likely N-dealkylation sites (tertiary alicyclic amines) is 1. The summed E-state index contributed by atoms with van der Waals surface area (Å²) in [4.78, 5) is 28.1. The van der Waals surface area contributed by atoms with Crippen molar-refractivity contribution in [2.75, 3.05) is 59.1 Å². The Hall–Kier alpha value is -2.43. The maximum Gasteiger partial charge on any atom is 0.409 e. The van der Waals surface area contributed by atoms with E-state index in [1.54, 1.807) is 25.1 Å². The molecule has 1 aromatic rings. The number of rotatable bonds is 8. The summed E-state index contributed by atoms with van der Waals surface area (Å²) in [6.07, 6.45) is 3.07. The fourth-order valence-corrected chi connectivity index (χ4v) is 5.47. The average molecular weight is 480 g/mol. The average Bonchev–Trinajstić information content (AvgIpc) is 2.84. The molecule has 3 rings (SSSR count). The molecular weight excluding hydrogens is 446 g/mol. The van der Waals surface area contributed by atoms with E-state index in [2.05, 4.69) is 6.58 Å². The number of hydrogen-bond donors (Lipinski definition) is 0. The Balaban J connectivity index is 1.55. The van der Waals surface area contributed by atoms with Crippen molar-refractivity contribution in [3.05, 3.63) is 42.5 Å². The maximum absolute atomic E-state index is 13.0. The van der Waals surface area contributed by atoms with Crippen LogP contribution in [0.25, 0.3) is 0 Å². The second-order valence-electron chi connectivity index (χ2n) is 8.18. The van der Waals surface area contributed by atoms with Crippen LogP contribution in [-0.4, -0.2) is 93.6 Å². The van der Waals surface area contributed by atoms with Gasteiger partial charge in [-0.05, 0) is 49.9 Å². The van der Waals surface area contributed by atoms with Gasteiger partial charge in [0.15, 0.2) is 0 Å². The van der Waals surface area contributed by atoms with E-state index in [-0.39, 0.29) is 43.6 Å². The topological polar surface area (TPSA) is 96.5 Å². The second kappa shape index (κ2) is 11.6. The van der Waals surface area contributed by atoms with Crippen LogP contribution in [0.15, 0.2) is 41.8 Å². The molecule has 0 aliphatic carbocycles. The molecule has 2 amide bonds. The molecule has 9 nitrogen and oxygen atoms in total. The minimum absolute atomic E-state index is 0.0903. The largest absolute Gasteiger partial charge is 0.450 e. The fourth-order valence-electron chi connectivity index (χ4n) is 4.05. The fraction of sp³-hybridized carbons (Fsp3) is 0.565. The number of sulfonamides is 1. The highest BCUT2D eigenvalue weighted by atomic mass is 32.2. The summed E-state index contributed by atoms with van der Waals surface area (Å²) in [6.45, 7) is 9.15. The first kappa shape index (κ1) is 25.2. The van der Waals surface area contributed by atoms with Gasteiger partial charge in [0.2, 0.25) is 10.0 Å². The van der Waals surface area contributed by atoms with Gasteiger partial charge in [0.05, 0.1) is 18.1 Å². The van der Waals surface area contributed by atoms with E-state index in [0.717, 1.165) is 12.8 Å². The van der Waals surface area contributed by atoms with Gasteiger partial charge in [0.1, 0.15) is 0 Å². The molecule has 0 N–H and O–H groups in total. The van der Waals surface area contributed by atoms with Gasteiger partial charge in [0.25, 0.3) is 5.91 Å². The number of carbonyl (C=O) groups excluding carboxylic acids is 2. The van der Waals surface area contributed by atoms with Gasteiger partial charge < -0.3 is 19.3 Å². The van der Waals surface area contributed by atoms with Crippen LogP contribution in [0.2, 0.25) is 0 Å². The lowest BCUT2D eigenvalue weighted by molar-refractivity contribution is 0.0575. The van der Waals surface area contributed by atoms with Crippen molar-refractivity contribution in [3.63, 3.8) is 0 Å². The van der Waals surface area contributed by atoms with Crippen molar-refractivity contribution in [3.8, 4) is 0 Å². The van der Waals surface area contributed by atoms with Crippen LogP contribution in [0.4, 0.5) is 4.79 Å². The molecule has 2 fully saturated rings. The van der Waals surface area contributed by atoms with E-state index in [1.807, 2.05) is 4.90 Å². The lowest BCUT2D eigenvalue weighted by atomic mass is 9.97. The minimum Gasteiger partial charge on any atom is -0.450 e. The zero-order chi connectivity index (χ0) is 23.8. The zero-order valence-corrected chi connectivity index (χ0v) is 20.0. The van der Waals surface area contributed by atoms with Gasteiger partial charge in [0, 0.05) is 51.4 Å². The van der Waals surface area contributed by atoms with Crippen LogP contribution in [0.5, 0.6) is 0 Å². The van der Waals surface area contributed by atoms with E-state index in [9.17, 15) is 18.0 Å². The molecule has 10 heteroatoms. The highest BCUT2D eigenvalue weighted by molar-refractivity contribution is 7.89. The lowest BCUT2D eigenvalue weighted by Crippen LogP contribution is -2.50. The van der Waals surface area contributed by atoms with Gasteiger partial charge in [-0.3, -0.25) is 4.79 Å². The first-order valence-electron chi connectivity index (χ1n) is 11.4. The molecule has 0 atom stereocenters. The Morgan fingerprint density at radius 1 is 1.03 bits per heavy atom. The van der Waals surface area contributed by atoms with E-state index < -0.39 is 16.1 Å². The number of benzene rings is 1. The first-order chi connectivity index (χ1) is 15.9. The van der Waals surface area contributed by atoms with Crippen LogP contribution in [-0.2, 0) is 19.5 Å². The highest BCUT2D eigenvalue weighted by Gasteiger charge is 2.31. The molecule has 33 heavy (non-hydrogen) atoms. The molecule has 2 aliphatic rings. The van der Waals surface area contributed by atoms with Crippen molar-refractivity contribution in [2.24, 2.45) is 5.92 Å². The predicted molar refractivity (Wildman–Crippen MR) is 123 cm³/mol. The van der Waals surface area contributed by atoms with E-state index in [0.29, 0.717) is 37.8 Å². The molecule has 2 heterocycles. The number of nitrogens with zero attached hydrogens (tertiary/aromatic N) is 3. The molecule has 0 spiro atoms. The van der Waals surface area contributed by atoms with Crippen LogP contribution >= 0.6 is 0 Å². The summed E-state index contributed by atoms with van der Waals surface area (Å²) in [5.41, 5.74) is 0.474. The molecule has 2 saturated heterocycles. The predicted octanol–water partition coefficient (Wildman–Crippen LogP) is 2.20. The van der Waals surface area contributed by atoms with Gasteiger partial charge in [-0.15, -0.1) is 6.58 Å². The molecule has 0 saturated carbocycles. The molecule has 0 bridgehead atoms. The van der Waals surface area contributed by atoms with E-state index in [4.69, 9.17) is 9.47 Å². The maximum atomic E-state index is 13.0. The Labute approximate surface area is 196 Å². The number of hydrogen-bond acceptors (Lipinski definition) is 6. The van der Waals surface area contributed by atoms with Crippen LogP contribution < -0.4 is 0 Å². The Morgan fingerprint density at radius 3 is 2.24 bits per heavy atom. The molecule has 182 valence electrons. The zero-order valence-electron chi connectivity index (χ0n) is 19.1. The molecular formula is C23H33N3O6S. The molecule has 2 aliphatic heterocycles. The minimum atomic E-state index is -3.70. The van der Waals surface area contributed by atoms with Crippen molar-refractivity contribution in [1.29, 1.82) is 0 Å². The Kier molecular flexibility index (Phi) is 8.87. The second-order valence-corrected chi connectivity index (χ2v) is 10.1. The van der Waals surface area contributed by atoms with Crippen LogP contribution in [0, 0.1) is 5.92 Å². The number of ether oxygens (including phenoxy) is 2. The molecule has 0 unspecified atom stereocenters. The van der Waals surface area contributed by atoms with E-state index in [1.165, 1.54) is 21.3 Å². The monoisotopic (exact) mass is 479 g/mol. The Morgan fingerprint density at radius 2 is 1.67 bits per heavy atom. The molecule has 0 radical (unpaired) electrons. The standard InChI is InChI=1S/C23H33N3O6S/c1-3-17-31-18-19-9-11-24(12-10-19)22(27)20-5-7-21(8-6-20)33(29,30)26-15-13-25(14-16-26)23(28)32-4-2/h3,5-8,19H,1,4,9-18H2,2H3. The van der Waals surface area contributed by atoms with E-state index >= 15 is 0 Å². The van der Waals surface area contributed by atoms with Crippen LogP contribution in [0.1, 0.15) is 30.1 Å². The molecule has 0 aromatic heterocycles. The number of piperidine rings is 1. The summed E-state index contributed by atoms with van der Waals surface area (Å²) in [5.74, 6) is 0.346. The SMILES string of the molecule is C=CCOCC1CCN(C(=O)c2ccc(S(=O)(=O)N3CCN(C(=O)OCC)CC3)cc2)CC1. The normalized spacial score (nSPS) is 18.2. The third-order valence-electron chi connectivity index (χ3n) is 5.99. The van der Waals surface area contributed by atoms with Gasteiger partial charge in [-0.1, -0.05) is 6.08 Å². The number of piperazine rings is 1. The summed E-state index contributed by atoms with van der Waals surface area (Å²) < 4.78 is 37.8. The van der Waals surface area contributed by atoms with Crippen molar-refractivity contribution < 1.29 is 27.5 Å². The first-order valence-corrected chi connectivity index (χ1v) is 12.8. The summed E-state index contributed by atoms with van der Waals surface area (Å²) in [7, 11) is -3.70. The quantitative estimate of drug-likeness (QED) is 0.419. The lowest BCUT2D eigenvalue weighted by Gasteiger charge is -2.33.